The second-order valence-electron chi connectivity index (χ2n) is 10.6. The van der Waals surface area contributed by atoms with Crippen molar-refractivity contribution in [2.45, 2.75) is 70.2 Å². The number of allylic oxidation sites excluding steroid dienone is 2. The summed E-state index contributed by atoms with van der Waals surface area (Å²) in [7, 11) is 2.17. The minimum absolute atomic E-state index is 0.0211. The Morgan fingerprint density at radius 3 is 2.57 bits per heavy atom. The van der Waals surface area contributed by atoms with Crippen LogP contribution in [0.5, 0.6) is 0 Å². The minimum Gasteiger partial charge on any atom is -0.396 e. The second kappa shape index (κ2) is 10.3. The van der Waals surface area contributed by atoms with Crippen molar-refractivity contribution in [3.63, 3.8) is 0 Å². The van der Waals surface area contributed by atoms with Crippen molar-refractivity contribution in [2.24, 2.45) is 0 Å². The molecular weight excluding hydrogens is 458 g/mol. The van der Waals surface area contributed by atoms with E-state index in [-0.39, 0.29) is 18.6 Å². The van der Waals surface area contributed by atoms with Crippen LogP contribution in [0.4, 0.5) is 0 Å². The molecule has 0 radical (unpaired) electrons. The molecule has 0 saturated carbocycles. The first-order valence-electron chi connectivity index (χ1n) is 12.5. The number of aliphatic hydroxyl groups excluding tert-OH is 1. The quantitative estimate of drug-likeness (QED) is 0.604. The molecule has 1 aliphatic heterocycles. The van der Waals surface area contributed by atoms with Crippen LogP contribution in [0.15, 0.2) is 36.4 Å². The van der Waals surface area contributed by atoms with E-state index in [2.05, 4.69) is 24.3 Å². The summed E-state index contributed by atoms with van der Waals surface area (Å²) in [5.41, 5.74) is 6.56. The van der Waals surface area contributed by atoms with Gasteiger partial charge in [0.15, 0.2) is 0 Å². The number of aliphatic hydroxyl groups is 1. The molecule has 2 heterocycles. The standard InChI is InChI=1S/C28H37N3O3S/c1-28(2,3)35(34)31-18-22-17-23(27(33)30(4)5)29-26(25(22)24(31)14-15-32)21-13-9-12-20(16-21)19-10-7-6-8-11-19/h9-10,12-13,16-17,24,32H,6-8,11,14-15,18H2,1-5H3/t24-,35-/m0/s1. The first-order valence-corrected chi connectivity index (χ1v) is 13.6. The van der Waals surface area contributed by atoms with Gasteiger partial charge >= 0.3 is 0 Å². The molecule has 2 atom stereocenters. The van der Waals surface area contributed by atoms with Gasteiger partial charge in [-0.15, -0.1) is 0 Å². The highest BCUT2D eigenvalue weighted by molar-refractivity contribution is 7.84. The molecule has 0 spiro atoms. The van der Waals surface area contributed by atoms with Crippen LogP contribution in [0.1, 0.15) is 86.1 Å². The van der Waals surface area contributed by atoms with Gasteiger partial charge in [0.2, 0.25) is 0 Å². The van der Waals surface area contributed by atoms with Gasteiger partial charge in [0, 0.05) is 38.4 Å². The van der Waals surface area contributed by atoms with E-state index in [0.29, 0.717) is 18.7 Å². The van der Waals surface area contributed by atoms with Crippen molar-refractivity contribution in [3.8, 4) is 11.3 Å². The molecule has 0 fully saturated rings. The molecule has 1 aliphatic carbocycles. The predicted molar refractivity (Wildman–Crippen MR) is 142 cm³/mol. The van der Waals surface area contributed by atoms with Crippen molar-refractivity contribution in [2.75, 3.05) is 20.7 Å². The van der Waals surface area contributed by atoms with Crippen LogP contribution in [0.3, 0.4) is 0 Å². The Labute approximate surface area is 211 Å². The fourth-order valence-corrected chi connectivity index (χ4v) is 6.40. The van der Waals surface area contributed by atoms with E-state index < -0.39 is 15.7 Å². The van der Waals surface area contributed by atoms with Gasteiger partial charge in [0.25, 0.3) is 5.91 Å². The topological polar surface area (TPSA) is 73.7 Å². The average molecular weight is 496 g/mol. The van der Waals surface area contributed by atoms with Crippen molar-refractivity contribution in [3.05, 3.63) is 58.8 Å². The van der Waals surface area contributed by atoms with E-state index >= 15 is 0 Å². The van der Waals surface area contributed by atoms with E-state index in [4.69, 9.17) is 4.98 Å². The zero-order valence-electron chi connectivity index (χ0n) is 21.5. The van der Waals surface area contributed by atoms with Crippen LogP contribution >= 0.6 is 0 Å². The zero-order valence-corrected chi connectivity index (χ0v) is 22.3. The van der Waals surface area contributed by atoms with Gasteiger partial charge in [-0.2, -0.15) is 0 Å². The molecule has 0 unspecified atom stereocenters. The third kappa shape index (κ3) is 5.27. The number of hydrogen-bond acceptors (Lipinski definition) is 4. The van der Waals surface area contributed by atoms with Gasteiger partial charge in [-0.25, -0.2) is 13.5 Å². The van der Waals surface area contributed by atoms with Crippen molar-refractivity contribution < 1.29 is 14.1 Å². The molecule has 4 rings (SSSR count). The first-order chi connectivity index (χ1) is 16.6. The van der Waals surface area contributed by atoms with E-state index in [0.717, 1.165) is 35.2 Å². The summed E-state index contributed by atoms with van der Waals surface area (Å²) in [4.78, 5) is 19.4. The molecule has 0 saturated heterocycles. The van der Waals surface area contributed by atoms with Gasteiger partial charge in [-0.3, -0.25) is 4.79 Å². The van der Waals surface area contributed by atoms with Crippen molar-refractivity contribution in [1.29, 1.82) is 0 Å². The number of nitrogens with zero attached hydrogens (tertiary/aromatic N) is 3. The Morgan fingerprint density at radius 1 is 1.20 bits per heavy atom. The highest BCUT2D eigenvalue weighted by atomic mass is 32.2. The zero-order chi connectivity index (χ0) is 25.3. The maximum Gasteiger partial charge on any atom is 0.271 e. The number of hydrogen-bond donors (Lipinski definition) is 1. The Balaban J connectivity index is 1.89. The number of pyridine rings is 1. The molecule has 7 heteroatoms. The fourth-order valence-electron chi connectivity index (χ4n) is 4.99. The number of benzene rings is 1. The van der Waals surface area contributed by atoms with Crippen LogP contribution in [0.2, 0.25) is 0 Å². The highest BCUT2D eigenvalue weighted by Gasteiger charge is 2.40. The summed E-state index contributed by atoms with van der Waals surface area (Å²) in [6.45, 7) is 6.32. The molecule has 1 N–H and O–H groups in total. The first kappa shape index (κ1) is 25.7. The minimum atomic E-state index is -1.28. The Bertz CT molecular complexity index is 1170. The Morgan fingerprint density at radius 2 is 1.94 bits per heavy atom. The molecule has 1 aromatic heterocycles. The predicted octanol–water partition coefficient (Wildman–Crippen LogP) is 5.11. The lowest BCUT2D eigenvalue weighted by Gasteiger charge is -2.30. The smallest absolute Gasteiger partial charge is 0.271 e. The van der Waals surface area contributed by atoms with Gasteiger partial charge in [0.05, 0.1) is 16.5 Å². The number of aromatic nitrogens is 1. The lowest BCUT2D eigenvalue weighted by molar-refractivity contribution is 0.0822. The molecule has 1 aromatic carbocycles. The molecule has 35 heavy (non-hydrogen) atoms. The number of carbonyl (C=O) groups is 1. The van der Waals surface area contributed by atoms with Crippen LogP contribution in [-0.4, -0.2) is 54.9 Å². The normalized spacial score (nSPS) is 19.3. The van der Waals surface area contributed by atoms with Gasteiger partial charge in [-0.1, -0.05) is 24.3 Å². The third-order valence-corrected chi connectivity index (χ3v) is 8.57. The second-order valence-corrected chi connectivity index (χ2v) is 12.8. The summed E-state index contributed by atoms with van der Waals surface area (Å²) in [5.74, 6) is -0.158. The lowest BCUT2D eigenvalue weighted by atomic mass is 9.90. The monoisotopic (exact) mass is 495 g/mol. The number of carbonyl (C=O) groups excluding carboxylic acids is 1. The van der Waals surface area contributed by atoms with Crippen molar-refractivity contribution in [1.82, 2.24) is 14.2 Å². The van der Waals surface area contributed by atoms with Crippen molar-refractivity contribution >= 4 is 22.5 Å². The summed E-state index contributed by atoms with van der Waals surface area (Å²) in [6, 6.07) is 10.0. The van der Waals surface area contributed by atoms with E-state index in [1.54, 1.807) is 14.1 Å². The van der Waals surface area contributed by atoms with Crippen LogP contribution in [0, 0.1) is 0 Å². The number of amides is 1. The van der Waals surface area contributed by atoms with Crippen LogP contribution in [0.25, 0.3) is 16.8 Å². The summed E-state index contributed by atoms with van der Waals surface area (Å²) in [6.07, 6.45) is 7.38. The number of fused-ring (bicyclic) bond motifs is 1. The molecule has 6 nitrogen and oxygen atoms in total. The fraction of sp³-hybridized carbons (Fsp3) is 0.500. The lowest BCUT2D eigenvalue weighted by Crippen LogP contribution is -2.36. The van der Waals surface area contributed by atoms with Gasteiger partial charge in [0.1, 0.15) is 16.7 Å². The summed E-state index contributed by atoms with van der Waals surface area (Å²) < 4.78 is 15.0. The summed E-state index contributed by atoms with van der Waals surface area (Å²) >= 11 is 0. The van der Waals surface area contributed by atoms with Crippen LogP contribution < -0.4 is 0 Å². The third-order valence-electron chi connectivity index (χ3n) is 6.71. The maximum absolute atomic E-state index is 13.5. The number of rotatable bonds is 6. The Hall–Kier alpha value is -2.35. The maximum atomic E-state index is 13.5. The largest absolute Gasteiger partial charge is 0.396 e. The molecule has 2 aliphatic rings. The Kier molecular flexibility index (Phi) is 7.60. The molecule has 188 valence electrons. The van der Waals surface area contributed by atoms with Gasteiger partial charge in [-0.05, 0) is 81.7 Å². The van der Waals surface area contributed by atoms with E-state index in [1.165, 1.54) is 28.9 Å². The van der Waals surface area contributed by atoms with E-state index in [1.807, 2.05) is 37.2 Å². The summed E-state index contributed by atoms with van der Waals surface area (Å²) in [5, 5.41) is 9.93. The molecule has 1 amide bonds. The van der Waals surface area contributed by atoms with Gasteiger partial charge < -0.3 is 10.0 Å². The van der Waals surface area contributed by atoms with E-state index in [9.17, 15) is 14.1 Å². The molecule has 2 aromatic rings. The van der Waals surface area contributed by atoms with Crippen LogP contribution in [-0.2, 0) is 17.5 Å². The average Bonchev–Trinajstić information content (AvgIpc) is 3.20. The highest BCUT2D eigenvalue weighted by Crippen LogP contribution is 2.44. The SMILES string of the molecule is CN(C)C(=O)c1cc2c(c(-c3cccc(C4=CCCCC4)c3)n1)[C@H](CCO)N([S@@](=O)C(C)(C)C)C2. The molecule has 0 bridgehead atoms. The molecular formula is C28H37N3O3S.